The quantitative estimate of drug-likeness (QED) is 0.494. The van der Waals surface area contributed by atoms with Gasteiger partial charge in [0, 0.05) is 21.8 Å². The standard InChI is InChI=1S/C23H16ClN3O3/c24-17-8-11-20-19(12-17)23(30)27(14-25-20)13-21(28)15-6-9-18(10-7-15)26-22(29)16-4-2-1-3-5-16/h1-12,14H,13H2,(H,26,29). The summed E-state index contributed by atoms with van der Waals surface area (Å²) in [4.78, 5) is 41.7. The number of amides is 1. The molecule has 30 heavy (non-hydrogen) atoms. The van der Waals surface area contributed by atoms with Gasteiger partial charge in [-0.25, -0.2) is 4.98 Å². The molecule has 1 aromatic heterocycles. The molecule has 148 valence electrons. The van der Waals surface area contributed by atoms with Crippen molar-refractivity contribution in [3.63, 3.8) is 0 Å². The summed E-state index contributed by atoms with van der Waals surface area (Å²) in [6.07, 6.45) is 1.35. The van der Waals surface area contributed by atoms with Crippen LogP contribution >= 0.6 is 11.6 Å². The highest BCUT2D eigenvalue weighted by Gasteiger charge is 2.11. The SMILES string of the molecule is O=C(Cn1cnc2ccc(Cl)cc2c1=O)c1ccc(NC(=O)c2ccccc2)cc1. The van der Waals surface area contributed by atoms with E-state index in [2.05, 4.69) is 10.3 Å². The summed E-state index contributed by atoms with van der Waals surface area (Å²) in [5.74, 6) is -0.483. The molecule has 0 saturated heterocycles. The molecule has 0 aliphatic carbocycles. The molecular weight excluding hydrogens is 402 g/mol. The molecule has 0 atom stereocenters. The molecule has 4 aromatic rings. The van der Waals surface area contributed by atoms with Gasteiger partial charge in [-0.2, -0.15) is 0 Å². The number of nitrogens with zero attached hydrogens (tertiary/aromatic N) is 2. The van der Waals surface area contributed by atoms with Crippen LogP contribution in [0, 0.1) is 0 Å². The zero-order chi connectivity index (χ0) is 21.1. The molecule has 0 fully saturated rings. The summed E-state index contributed by atoms with van der Waals surface area (Å²) in [5, 5.41) is 3.57. The van der Waals surface area contributed by atoms with E-state index >= 15 is 0 Å². The number of hydrogen-bond donors (Lipinski definition) is 1. The molecule has 0 radical (unpaired) electrons. The zero-order valence-corrected chi connectivity index (χ0v) is 16.5. The van der Waals surface area contributed by atoms with Gasteiger partial charge >= 0.3 is 0 Å². The number of carbonyl (C=O) groups excluding carboxylic acids is 2. The van der Waals surface area contributed by atoms with E-state index in [1.165, 1.54) is 17.0 Å². The largest absolute Gasteiger partial charge is 0.322 e. The molecule has 0 aliphatic heterocycles. The van der Waals surface area contributed by atoms with Crippen LogP contribution in [-0.2, 0) is 6.54 Å². The monoisotopic (exact) mass is 417 g/mol. The molecular formula is C23H16ClN3O3. The van der Waals surface area contributed by atoms with E-state index in [9.17, 15) is 14.4 Å². The Bertz CT molecular complexity index is 1300. The van der Waals surface area contributed by atoms with E-state index in [-0.39, 0.29) is 23.8 Å². The second-order valence-electron chi connectivity index (χ2n) is 6.66. The van der Waals surface area contributed by atoms with Gasteiger partial charge in [0.15, 0.2) is 5.78 Å². The number of halogens is 1. The van der Waals surface area contributed by atoms with E-state index in [0.717, 1.165) is 0 Å². The summed E-state index contributed by atoms with van der Waals surface area (Å²) in [7, 11) is 0. The van der Waals surface area contributed by atoms with E-state index in [1.54, 1.807) is 60.7 Å². The van der Waals surface area contributed by atoms with Crippen LogP contribution < -0.4 is 10.9 Å². The molecule has 3 aromatic carbocycles. The summed E-state index contributed by atoms with van der Waals surface area (Å²) < 4.78 is 1.26. The fourth-order valence-electron chi connectivity index (χ4n) is 3.02. The number of anilines is 1. The van der Waals surface area contributed by atoms with Gasteiger partial charge in [0.2, 0.25) is 0 Å². The highest BCUT2D eigenvalue weighted by molar-refractivity contribution is 6.31. The molecule has 0 unspecified atom stereocenters. The zero-order valence-electron chi connectivity index (χ0n) is 15.7. The van der Waals surface area contributed by atoms with Crippen LogP contribution in [0.4, 0.5) is 5.69 Å². The Balaban J connectivity index is 1.49. The predicted octanol–water partition coefficient (Wildman–Crippen LogP) is 4.19. The van der Waals surface area contributed by atoms with Crippen molar-refractivity contribution in [2.24, 2.45) is 0 Å². The van der Waals surface area contributed by atoms with Gasteiger partial charge in [-0.05, 0) is 54.6 Å². The fourth-order valence-corrected chi connectivity index (χ4v) is 3.19. The molecule has 1 heterocycles. The topological polar surface area (TPSA) is 81.1 Å². The van der Waals surface area contributed by atoms with Crippen LogP contribution in [0.5, 0.6) is 0 Å². The first kappa shape index (κ1) is 19.5. The lowest BCUT2D eigenvalue weighted by molar-refractivity contribution is 0.0970. The van der Waals surface area contributed by atoms with Gasteiger partial charge in [-0.3, -0.25) is 19.0 Å². The van der Waals surface area contributed by atoms with Crippen LogP contribution in [0.3, 0.4) is 0 Å². The Morgan fingerprint density at radius 2 is 1.67 bits per heavy atom. The van der Waals surface area contributed by atoms with Crippen LogP contribution in [-0.4, -0.2) is 21.2 Å². The fraction of sp³-hybridized carbons (Fsp3) is 0.0435. The molecule has 1 N–H and O–H groups in total. The first-order valence-corrected chi connectivity index (χ1v) is 9.53. The smallest absolute Gasteiger partial charge is 0.261 e. The Morgan fingerprint density at radius 3 is 2.40 bits per heavy atom. The first-order valence-electron chi connectivity index (χ1n) is 9.15. The van der Waals surface area contributed by atoms with Crippen LogP contribution in [0.25, 0.3) is 10.9 Å². The Morgan fingerprint density at radius 1 is 0.933 bits per heavy atom. The summed E-state index contributed by atoms with van der Waals surface area (Å²) in [6, 6.07) is 20.2. The average Bonchev–Trinajstić information content (AvgIpc) is 2.77. The van der Waals surface area contributed by atoms with Crippen molar-refractivity contribution in [1.29, 1.82) is 0 Å². The van der Waals surface area contributed by atoms with Gasteiger partial charge in [-0.1, -0.05) is 29.8 Å². The maximum absolute atomic E-state index is 12.6. The van der Waals surface area contributed by atoms with E-state index < -0.39 is 0 Å². The van der Waals surface area contributed by atoms with Crippen molar-refractivity contribution in [2.45, 2.75) is 6.54 Å². The van der Waals surface area contributed by atoms with E-state index in [4.69, 9.17) is 11.6 Å². The third-order valence-electron chi connectivity index (χ3n) is 4.60. The van der Waals surface area contributed by atoms with Crippen molar-refractivity contribution in [3.8, 4) is 0 Å². The molecule has 0 aliphatic rings. The van der Waals surface area contributed by atoms with Crippen molar-refractivity contribution in [3.05, 3.63) is 106 Å². The number of Topliss-reactive ketones (excluding diaryl/α,β-unsaturated/α-hetero) is 1. The summed E-state index contributed by atoms with van der Waals surface area (Å²) in [6.45, 7) is -0.149. The van der Waals surface area contributed by atoms with Gasteiger partial charge < -0.3 is 5.32 Å². The molecule has 0 saturated carbocycles. The minimum atomic E-state index is -0.331. The normalized spacial score (nSPS) is 10.7. The molecule has 4 rings (SSSR count). The maximum Gasteiger partial charge on any atom is 0.261 e. The number of ketones is 1. The summed E-state index contributed by atoms with van der Waals surface area (Å²) in [5.41, 5.74) is 1.72. The van der Waals surface area contributed by atoms with Gasteiger partial charge in [0.1, 0.15) is 0 Å². The Labute approximate surface area is 176 Å². The molecule has 0 bridgehead atoms. The number of aromatic nitrogens is 2. The highest BCUT2D eigenvalue weighted by Crippen LogP contribution is 2.15. The van der Waals surface area contributed by atoms with E-state index in [1.807, 2.05) is 6.07 Å². The van der Waals surface area contributed by atoms with Crippen molar-refractivity contribution in [2.75, 3.05) is 5.32 Å². The number of fused-ring (bicyclic) bond motifs is 1. The van der Waals surface area contributed by atoms with Gasteiger partial charge in [0.05, 0.1) is 23.8 Å². The average molecular weight is 418 g/mol. The van der Waals surface area contributed by atoms with E-state index in [0.29, 0.717) is 32.7 Å². The van der Waals surface area contributed by atoms with Crippen LogP contribution in [0.1, 0.15) is 20.7 Å². The number of nitrogens with one attached hydrogen (secondary N) is 1. The minimum absolute atomic E-state index is 0.149. The number of rotatable bonds is 5. The number of hydrogen-bond acceptors (Lipinski definition) is 4. The molecule has 1 amide bonds. The lowest BCUT2D eigenvalue weighted by Gasteiger charge is -2.08. The van der Waals surface area contributed by atoms with Crippen LogP contribution in [0.15, 0.2) is 83.9 Å². The Hall–Kier alpha value is -3.77. The molecule has 7 heteroatoms. The number of carbonyl (C=O) groups is 2. The second-order valence-corrected chi connectivity index (χ2v) is 7.10. The number of benzene rings is 3. The highest BCUT2D eigenvalue weighted by atomic mass is 35.5. The second kappa shape index (κ2) is 8.31. The first-order chi connectivity index (χ1) is 14.5. The maximum atomic E-state index is 12.6. The lowest BCUT2D eigenvalue weighted by Crippen LogP contribution is -2.24. The Kier molecular flexibility index (Phi) is 5.41. The van der Waals surface area contributed by atoms with Gasteiger partial charge in [-0.15, -0.1) is 0 Å². The van der Waals surface area contributed by atoms with Crippen molar-refractivity contribution < 1.29 is 9.59 Å². The van der Waals surface area contributed by atoms with Crippen molar-refractivity contribution in [1.82, 2.24) is 9.55 Å². The van der Waals surface area contributed by atoms with Crippen molar-refractivity contribution >= 4 is 39.9 Å². The predicted molar refractivity (Wildman–Crippen MR) is 116 cm³/mol. The minimum Gasteiger partial charge on any atom is -0.322 e. The molecule has 0 spiro atoms. The summed E-state index contributed by atoms with van der Waals surface area (Å²) >= 11 is 5.96. The van der Waals surface area contributed by atoms with Gasteiger partial charge in [0.25, 0.3) is 11.5 Å². The third kappa shape index (κ3) is 4.14. The lowest BCUT2D eigenvalue weighted by atomic mass is 10.1. The molecule has 6 nitrogen and oxygen atoms in total. The third-order valence-corrected chi connectivity index (χ3v) is 4.84. The van der Waals surface area contributed by atoms with Crippen LogP contribution in [0.2, 0.25) is 5.02 Å².